The molecule has 2 heterocycles. The highest BCUT2D eigenvalue weighted by Crippen LogP contribution is 2.34. The summed E-state index contributed by atoms with van der Waals surface area (Å²) >= 11 is 1.31. The summed E-state index contributed by atoms with van der Waals surface area (Å²) in [5.41, 5.74) is 1.41. The summed E-state index contributed by atoms with van der Waals surface area (Å²) in [6.45, 7) is 4.32. The zero-order chi connectivity index (χ0) is 23.5. The highest BCUT2D eigenvalue weighted by Gasteiger charge is 2.19. The second kappa shape index (κ2) is 9.44. The third-order valence-corrected chi connectivity index (χ3v) is 6.31. The van der Waals surface area contributed by atoms with E-state index >= 15 is 0 Å². The summed E-state index contributed by atoms with van der Waals surface area (Å²) in [6, 6.07) is 21.5. The Morgan fingerprint density at radius 2 is 1.91 bits per heavy atom. The SMILES string of the molecule is C=CCn1c(SCC(=O)Nc2ccc3ccccc3c2)nnc1-c1cc2cccc(OC)c2o1. The molecule has 0 bridgehead atoms. The van der Waals surface area contributed by atoms with E-state index in [-0.39, 0.29) is 11.7 Å². The highest BCUT2D eigenvalue weighted by atomic mass is 32.2. The van der Waals surface area contributed by atoms with Crippen LogP contribution in [0.3, 0.4) is 0 Å². The fraction of sp³-hybridized carbons (Fsp3) is 0.115. The second-order valence-corrected chi connectivity index (χ2v) is 8.54. The van der Waals surface area contributed by atoms with Crippen molar-refractivity contribution in [3.8, 4) is 17.3 Å². The van der Waals surface area contributed by atoms with E-state index in [9.17, 15) is 4.79 Å². The van der Waals surface area contributed by atoms with Gasteiger partial charge < -0.3 is 14.5 Å². The number of thioether (sulfide) groups is 1. The number of carbonyl (C=O) groups excluding carboxylic acids is 1. The molecule has 0 spiro atoms. The Hall–Kier alpha value is -4.04. The van der Waals surface area contributed by atoms with Gasteiger partial charge in [0, 0.05) is 17.6 Å². The van der Waals surface area contributed by atoms with Gasteiger partial charge in [0.2, 0.25) is 11.7 Å². The number of methoxy groups -OCH3 is 1. The van der Waals surface area contributed by atoms with Gasteiger partial charge in [-0.3, -0.25) is 9.36 Å². The normalized spacial score (nSPS) is 11.1. The van der Waals surface area contributed by atoms with Crippen molar-refractivity contribution in [2.24, 2.45) is 0 Å². The van der Waals surface area contributed by atoms with Crippen molar-refractivity contribution >= 4 is 45.1 Å². The molecule has 5 aromatic rings. The molecule has 0 atom stereocenters. The van der Waals surface area contributed by atoms with Crippen molar-refractivity contribution in [3.05, 3.63) is 79.4 Å². The van der Waals surface area contributed by atoms with Gasteiger partial charge in [0.05, 0.1) is 12.9 Å². The molecule has 170 valence electrons. The number of para-hydroxylation sites is 1. The predicted octanol–water partition coefficient (Wildman–Crippen LogP) is 5.77. The number of furan rings is 1. The molecule has 2 aromatic heterocycles. The van der Waals surface area contributed by atoms with E-state index in [4.69, 9.17) is 9.15 Å². The van der Waals surface area contributed by atoms with Crippen LogP contribution in [0.4, 0.5) is 5.69 Å². The van der Waals surface area contributed by atoms with Crippen molar-refractivity contribution in [2.45, 2.75) is 11.7 Å². The molecule has 34 heavy (non-hydrogen) atoms. The van der Waals surface area contributed by atoms with Gasteiger partial charge in [0.25, 0.3) is 0 Å². The molecule has 0 saturated carbocycles. The van der Waals surface area contributed by atoms with E-state index < -0.39 is 0 Å². The summed E-state index contributed by atoms with van der Waals surface area (Å²) in [7, 11) is 1.61. The molecular weight excluding hydrogens is 448 g/mol. The van der Waals surface area contributed by atoms with E-state index in [0.717, 1.165) is 21.8 Å². The van der Waals surface area contributed by atoms with Gasteiger partial charge in [-0.05, 0) is 35.0 Å². The molecule has 0 saturated heterocycles. The first kappa shape index (κ1) is 21.8. The summed E-state index contributed by atoms with van der Waals surface area (Å²) in [5, 5.41) is 15.3. The Morgan fingerprint density at radius 3 is 2.74 bits per heavy atom. The number of fused-ring (bicyclic) bond motifs is 2. The van der Waals surface area contributed by atoms with Crippen LogP contribution >= 0.6 is 11.8 Å². The molecule has 0 aliphatic rings. The summed E-state index contributed by atoms with van der Waals surface area (Å²) < 4.78 is 13.3. The van der Waals surface area contributed by atoms with Gasteiger partial charge in [-0.15, -0.1) is 16.8 Å². The van der Waals surface area contributed by atoms with Crippen molar-refractivity contribution in [3.63, 3.8) is 0 Å². The van der Waals surface area contributed by atoms with E-state index in [2.05, 4.69) is 22.1 Å². The Morgan fingerprint density at radius 1 is 1.09 bits per heavy atom. The number of hydrogen-bond donors (Lipinski definition) is 1. The minimum absolute atomic E-state index is 0.122. The molecule has 8 heteroatoms. The fourth-order valence-corrected chi connectivity index (χ4v) is 4.52. The third-order valence-electron chi connectivity index (χ3n) is 5.34. The van der Waals surface area contributed by atoms with Gasteiger partial charge in [0.15, 0.2) is 22.2 Å². The van der Waals surface area contributed by atoms with Crippen LogP contribution < -0.4 is 10.1 Å². The van der Waals surface area contributed by atoms with Crippen molar-refractivity contribution in [1.29, 1.82) is 0 Å². The van der Waals surface area contributed by atoms with Gasteiger partial charge >= 0.3 is 0 Å². The first-order valence-corrected chi connectivity index (χ1v) is 11.7. The van der Waals surface area contributed by atoms with Gasteiger partial charge in [-0.2, -0.15) is 0 Å². The third kappa shape index (κ3) is 4.27. The number of aromatic nitrogens is 3. The second-order valence-electron chi connectivity index (χ2n) is 7.59. The van der Waals surface area contributed by atoms with Gasteiger partial charge in [-0.1, -0.05) is 60.3 Å². The van der Waals surface area contributed by atoms with Crippen LogP contribution in [0, 0.1) is 0 Å². The molecule has 0 unspecified atom stereocenters. The first-order valence-electron chi connectivity index (χ1n) is 10.7. The van der Waals surface area contributed by atoms with Gasteiger partial charge in [0.1, 0.15) is 0 Å². The largest absolute Gasteiger partial charge is 0.493 e. The summed E-state index contributed by atoms with van der Waals surface area (Å²) in [4.78, 5) is 12.6. The number of amides is 1. The number of anilines is 1. The monoisotopic (exact) mass is 470 g/mol. The topological polar surface area (TPSA) is 82.2 Å². The number of benzene rings is 3. The Kier molecular flexibility index (Phi) is 6.05. The van der Waals surface area contributed by atoms with Crippen molar-refractivity contribution in [1.82, 2.24) is 14.8 Å². The Bertz CT molecular complexity index is 1500. The Labute approximate surface area is 200 Å². The predicted molar refractivity (Wildman–Crippen MR) is 135 cm³/mol. The molecule has 0 radical (unpaired) electrons. The lowest BCUT2D eigenvalue weighted by Crippen LogP contribution is -2.14. The standard InChI is InChI=1S/C26H22N4O3S/c1-3-13-30-25(22-15-19-9-6-10-21(32-2)24(19)33-22)28-29-26(30)34-16-23(31)27-20-12-11-17-7-4-5-8-18(17)14-20/h3-12,14-15H,1,13,16H2,2H3,(H,27,31). The van der Waals surface area contributed by atoms with Gasteiger partial charge in [-0.25, -0.2) is 0 Å². The molecule has 1 amide bonds. The zero-order valence-corrected chi connectivity index (χ0v) is 19.3. The molecule has 0 aliphatic heterocycles. The van der Waals surface area contributed by atoms with E-state index in [1.54, 1.807) is 13.2 Å². The quantitative estimate of drug-likeness (QED) is 0.229. The molecule has 0 fully saturated rings. The molecule has 5 rings (SSSR count). The first-order chi connectivity index (χ1) is 16.7. The maximum absolute atomic E-state index is 12.6. The number of ether oxygens (including phenoxy) is 1. The number of nitrogens with zero attached hydrogens (tertiary/aromatic N) is 3. The lowest BCUT2D eigenvalue weighted by atomic mass is 10.1. The average Bonchev–Trinajstić information content (AvgIpc) is 3.46. The van der Waals surface area contributed by atoms with Crippen LogP contribution in [0.5, 0.6) is 5.75 Å². The minimum atomic E-state index is -0.122. The summed E-state index contributed by atoms with van der Waals surface area (Å²) in [5.74, 6) is 1.86. The van der Waals surface area contributed by atoms with E-state index in [1.807, 2.05) is 71.3 Å². The molecule has 3 aromatic carbocycles. The van der Waals surface area contributed by atoms with Crippen molar-refractivity contribution < 1.29 is 13.9 Å². The average molecular weight is 471 g/mol. The fourth-order valence-electron chi connectivity index (χ4n) is 3.77. The number of carbonyl (C=O) groups is 1. The van der Waals surface area contributed by atoms with Crippen molar-refractivity contribution in [2.75, 3.05) is 18.2 Å². The molecule has 0 aliphatic carbocycles. The van der Waals surface area contributed by atoms with Crippen LogP contribution in [0.25, 0.3) is 33.3 Å². The zero-order valence-electron chi connectivity index (χ0n) is 18.5. The number of hydrogen-bond acceptors (Lipinski definition) is 6. The number of allylic oxidation sites excluding steroid dienone is 1. The highest BCUT2D eigenvalue weighted by molar-refractivity contribution is 7.99. The van der Waals surface area contributed by atoms with E-state index in [1.165, 1.54) is 11.8 Å². The van der Waals surface area contributed by atoms with Crippen LogP contribution in [0.15, 0.2) is 89.0 Å². The number of rotatable bonds is 8. The summed E-state index contributed by atoms with van der Waals surface area (Å²) in [6.07, 6.45) is 1.76. The lowest BCUT2D eigenvalue weighted by Gasteiger charge is -2.08. The smallest absolute Gasteiger partial charge is 0.234 e. The van der Waals surface area contributed by atoms with Crippen LogP contribution in [-0.2, 0) is 11.3 Å². The van der Waals surface area contributed by atoms with Crippen LogP contribution in [-0.4, -0.2) is 33.5 Å². The lowest BCUT2D eigenvalue weighted by molar-refractivity contribution is -0.113. The minimum Gasteiger partial charge on any atom is -0.493 e. The van der Waals surface area contributed by atoms with E-state index in [0.29, 0.717) is 34.6 Å². The molecular formula is C26H22N4O3S. The maximum Gasteiger partial charge on any atom is 0.234 e. The molecule has 1 N–H and O–H groups in total. The number of nitrogens with one attached hydrogen (secondary N) is 1. The molecule has 7 nitrogen and oxygen atoms in total. The van der Waals surface area contributed by atoms with Crippen LogP contribution in [0.2, 0.25) is 0 Å². The van der Waals surface area contributed by atoms with Crippen LogP contribution in [0.1, 0.15) is 0 Å². The maximum atomic E-state index is 12.6. The Balaban J connectivity index is 1.34.